The summed E-state index contributed by atoms with van der Waals surface area (Å²) in [5.74, 6) is -0.248. The molecule has 3 rings (SSSR count). The molecule has 2 N–H and O–H groups in total. The third kappa shape index (κ3) is 4.04. The van der Waals surface area contributed by atoms with Gasteiger partial charge in [0.2, 0.25) is 0 Å². The second kappa shape index (κ2) is 7.18. The average molecular weight is 339 g/mol. The fourth-order valence-corrected chi connectivity index (χ4v) is 3.60. The van der Waals surface area contributed by atoms with Crippen molar-refractivity contribution >= 4 is 11.6 Å². The lowest BCUT2D eigenvalue weighted by Gasteiger charge is -2.45. The van der Waals surface area contributed by atoms with E-state index in [4.69, 9.17) is 17.3 Å². The highest BCUT2D eigenvalue weighted by molar-refractivity contribution is 6.31. The van der Waals surface area contributed by atoms with Gasteiger partial charge in [0.05, 0.1) is 12.8 Å². The molecule has 1 aromatic carbocycles. The molecule has 0 aromatic heterocycles. The van der Waals surface area contributed by atoms with Crippen molar-refractivity contribution in [1.82, 2.24) is 14.7 Å². The Morgan fingerprint density at radius 2 is 2.22 bits per heavy atom. The number of benzene rings is 1. The quantitative estimate of drug-likeness (QED) is 0.918. The van der Waals surface area contributed by atoms with Gasteiger partial charge in [-0.2, -0.15) is 0 Å². The predicted molar refractivity (Wildman–Crippen MR) is 91.3 cm³/mol. The summed E-state index contributed by atoms with van der Waals surface area (Å²) >= 11 is 6.25. The molecule has 0 amide bonds. The van der Waals surface area contributed by atoms with E-state index in [9.17, 15) is 4.39 Å². The van der Waals surface area contributed by atoms with Crippen molar-refractivity contribution in [3.63, 3.8) is 0 Å². The lowest BCUT2D eigenvalue weighted by molar-refractivity contribution is 0.0142. The first-order valence-corrected chi connectivity index (χ1v) is 8.47. The molecule has 2 unspecified atom stereocenters. The van der Waals surface area contributed by atoms with Crippen molar-refractivity contribution < 1.29 is 4.39 Å². The Kier molecular flexibility index (Phi) is 5.21. The van der Waals surface area contributed by atoms with Gasteiger partial charge in [0.25, 0.3) is 0 Å². The van der Waals surface area contributed by atoms with Crippen LogP contribution in [0.1, 0.15) is 18.4 Å². The van der Waals surface area contributed by atoms with E-state index in [0.29, 0.717) is 11.6 Å². The molecule has 0 bridgehead atoms. The molecule has 6 heteroatoms. The second-order valence-corrected chi connectivity index (χ2v) is 6.94. The van der Waals surface area contributed by atoms with Gasteiger partial charge >= 0.3 is 0 Å². The Hall–Kier alpha value is -1.14. The van der Waals surface area contributed by atoms with Gasteiger partial charge < -0.3 is 10.6 Å². The minimum Gasteiger partial charge on any atom is -0.368 e. The lowest BCUT2D eigenvalue weighted by atomic mass is 10.1. The Balaban J connectivity index is 1.79. The number of hydrogen-bond donors (Lipinski definition) is 1. The number of likely N-dealkylation sites (tertiary alicyclic amines) is 1. The first kappa shape index (κ1) is 16.7. The second-order valence-electron chi connectivity index (χ2n) is 6.53. The monoisotopic (exact) mass is 338 g/mol. The van der Waals surface area contributed by atoms with Crippen molar-refractivity contribution in [2.24, 2.45) is 5.73 Å². The Morgan fingerprint density at radius 1 is 1.39 bits per heavy atom. The molecule has 2 heterocycles. The molecule has 0 spiro atoms. The normalized spacial score (nSPS) is 26.7. The molecule has 23 heavy (non-hydrogen) atoms. The zero-order chi connectivity index (χ0) is 16.4. The molecule has 2 aliphatic rings. The third-order valence-electron chi connectivity index (χ3n) is 4.54. The fraction of sp³-hybridized carbons (Fsp3) is 0.529. The van der Waals surface area contributed by atoms with Crippen LogP contribution in [0.4, 0.5) is 4.39 Å². The number of rotatable bonds is 3. The maximum atomic E-state index is 13.6. The summed E-state index contributed by atoms with van der Waals surface area (Å²) in [5.41, 5.74) is 6.96. The van der Waals surface area contributed by atoms with Crippen LogP contribution in [0.3, 0.4) is 0 Å². The number of hydrogen-bond acceptors (Lipinski definition) is 4. The molecule has 4 nitrogen and oxygen atoms in total. The summed E-state index contributed by atoms with van der Waals surface area (Å²) in [7, 11) is 2.04. The maximum Gasteiger partial charge on any atom is 0.123 e. The van der Waals surface area contributed by atoms with Crippen molar-refractivity contribution in [2.45, 2.75) is 31.6 Å². The molecule has 0 radical (unpaired) electrons. The van der Waals surface area contributed by atoms with Crippen LogP contribution < -0.4 is 5.73 Å². The summed E-state index contributed by atoms with van der Waals surface area (Å²) < 4.78 is 13.6. The zero-order valence-corrected chi connectivity index (χ0v) is 14.2. The summed E-state index contributed by atoms with van der Waals surface area (Å²) in [6.45, 7) is 3.33. The van der Waals surface area contributed by atoms with Crippen LogP contribution in [0.2, 0.25) is 5.02 Å². The van der Waals surface area contributed by atoms with E-state index in [2.05, 4.69) is 27.0 Å². The Labute approximate surface area is 142 Å². The highest BCUT2D eigenvalue weighted by atomic mass is 35.5. The lowest BCUT2D eigenvalue weighted by Crippen LogP contribution is -2.56. The van der Waals surface area contributed by atoms with Crippen LogP contribution in [-0.4, -0.2) is 53.7 Å². The van der Waals surface area contributed by atoms with E-state index in [1.54, 1.807) is 6.07 Å². The van der Waals surface area contributed by atoms with E-state index in [0.717, 1.165) is 38.2 Å². The number of halogens is 2. The Bertz CT molecular complexity index is 580. The summed E-state index contributed by atoms with van der Waals surface area (Å²) in [5, 5.41) is 0.609. The molecule has 126 valence electrons. The van der Waals surface area contributed by atoms with Crippen LogP contribution in [0.25, 0.3) is 0 Å². The standard InChI is InChI=1S/C17H24ClFN4/c1-21-8-6-17(22-7-2-3-15(20)11-22)23(12-21)10-13-9-14(19)4-5-16(13)18/h4-6,8-9,15,17H,2-3,7,10-12,20H2,1H3. The minimum absolute atomic E-state index is 0.178. The largest absolute Gasteiger partial charge is 0.368 e. The van der Waals surface area contributed by atoms with Gasteiger partial charge in [-0.3, -0.25) is 9.80 Å². The molecule has 1 aromatic rings. The average Bonchev–Trinajstić information content (AvgIpc) is 2.51. The van der Waals surface area contributed by atoms with Gasteiger partial charge in [0.15, 0.2) is 0 Å². The highest BCUT2D eigenvalue weighted by Gasteiger charge is 2.29. The highest BCUT2D eigenvalue weighted by Crippen LogP contribution is 2.24. The van der Waals surface area contributed by atoms with Gasteiger partial charge in [-0.1, -0.05) is 11.6 Å². The minimum atomic E-state index is -0.248. The Morgan fingerprint density at radius 3 is 3.00 bits per heavy atom. The number of piperidine rings is 1. The number of nitrogens with two attached hydrogens (primary N) is 1. The first-order valence-electron chi connectivity index (χ1n) is 8.09. The van der Waals surface area contributed by atoms with Gasteiger partial charge in [-0.05, 0) is 48.9 Å². The van der Waals surface area contributed by atoms with Crippen molar-refractivity contribution in [1.29, 1.82) is 0 Å². The van der Waals surface area contributed by atoms with E-state index >= 15 is 0 Å². The van der Waals surface area contributed by atoms with Crippen LogP contribution in [-0.2, 0) is 6.54 Å². The zero-order valence-electron chi connectivity index (χ0n) is 13.5. The molecule has 2 atom stereocenters. The third-order valence-corrected chi connectivity index (χ3v) is 4.90. The molecule has 0 aliphatic carbocycles. The number of nitrogens with zero attached hydrogens (tertiary/aromatic N) is 3. The van der Waals surface area contributed by atoms with Gasteiger partial charge in [0.1, 0.15) is 5.82 Å². The maximum absolute atomic E-state index is 13.6. The smallest absolute Gasteiger partial charge is 0.123 e. The molecule has 0 saturated carbocycles. The van der Waals surface area contributed by atoms with Gasteiger partial charge in [-0.25, -0.2) is 4.39 Å². The summed E-state index contributed by atoms with van der Waals surface area (Å²) in [6, 6.07) is 4.78. The molecular formula is C17H24ClFN4. The SMILES string of the molecule is CN1C=CC(N2CCCC(N)C2)N(Cc2cc(F)ccc2Cl)C1. The molecular weight excluding hydrogens is 315 g/mol. The first-order chi connectivity index (χ1) is 11.0. The van der Waals surface area contributed by atoms with E-state index in [1.807, 2.05) is 7.05 Å². The fourth-order valence-electron chi connectivity index (χ4n) is 3.42. The van der Waals surface area contributed by atoms with Gasteiger partial charge in [-0.15, -0.1) is 0 Å². The topological polar surface area (TPSA) is 35.7 Å². The summed E-state index contributed by atoms with van der Waals surface area (Å²) in [6.07, 6.45) is 6.68. The van der Waals surface area contributed by atoms with Crippen LogP contribution in [0.15, 0.2) is 30.5 Å². The van der Waals surface area contributed by atoms with Gasteiger partial charge in [0, 0.05) is 37.7 Å². The van der Waals surface area contributed by atoms with Crippen LogP contribution in [0.5, 0.6) is 0 Å². The van der Waals surface area contributed by atoms with E-state index in [1.165, 1.54) is 12.1 Å². The van der Waals surface area contributed by atoms with E-state index < -0.39 is 0 Å². The van der Waals surface area contributed by atoms with Crippen molar-refractivity contribution in [3.05, 3.63) is 46.9 Å². The molecule has 2 aliphatic heterocycles. The predicted octanol–water partition coefficient (Wildman–Crippen LogP) is 2.45. The van der Waals surface area contributed by atoms with Crippen molar-refractivity contribution in [3.8, 4) is 0 Å². The van der Waals surface area contributed by atoms with Crippen molar-refractivity contribution in [2.75, 3.05) is 26.8 Å². The van der Waals surface area contributed by atoms with Crippen LogP contribution >= 0.6 is 11.6 Å². The molecule has 1 fully saturated rings. The summed E-state index contributed by atoms with van der Waals surface area (Å²) in [4.78, 5) is 6.83. The van der Waals surface area contributed by atoms with E-state index in [-0.39, 0.29) is 18.0 Å². The van der Waals surface area contributed by atoms with Crippen LogP contribution in [0, 0.1) is 5.82 Å². The molecule has 1 saturated heterocycles.